The number of thiophene rings is 1. The maximum absolute atomic E-state index is 12.3. The number of rotatable bonds is 4. The van der Waals surface area contributed by atoms with Gasteiger partial charge in [-0.05, 0) is 38.5 Å². The first-order chi connectivity index (χ1) is 11.9. The molecule has 1 atom stereocenters. The van der Waals surface area contributed by atoms with Crippen LogP contribution in [0.2, 0.25) is 0 Å². The molecule has 0 fully saturated rings. The van der Waals surface area contributed by atoms with Crippen LogP contribution in [0.1, 0.15) is 50.0 Å². The molecule has 6 nitrogen and oxygen atoms in total. The molecule has 0 spiro atoms. The molecule has 0 bridgehead atoms. The summed E-state index contributed by atoms with van der Waals surface area (Å²) in [5, 5.41) is 0.578. The molecule has 0 unspecified atom stereocenters. The summed E-state index contributed by atoms with van der Waals surface area (Å²) in [4.78, 5) is 44.0. The summed E-state index contributed by atoms with van der Waals surface area (Å²) in [6.45, 7) is 5.47. The monoisotopic (exact) mass is 356 g/mol. The Labute approximate surface area is 147 Å². The van der Waals surface area contributed by atoms with Crippen molar-refractivity contribution in [3.05, 3.63) is 62.0 Å². The summed E-state index contributed by atoms with van der Waals surface area (Å²) in [6, 6.07) is 6.11. The minimum Gasteiger partial charge on any atom is -0.451 e. The molecule has 0 saturated carbocycles. The highest BCUT2D eigenvalue weighted by Gasteiger charge is 2.19. The predicted octanol–water partition coefficient (Wildman–Crippen LogP) is 3.33. The van der Waals surface area contributed by atoms with Gasteiger partial charge in [0.25, 0.3) is 5.56 Å². The van der Waals surface area contributed by atoms with Crippen LogP contribution in [-0.4, -0.2) is 22.2 Å². The van der Waals surface area contributed by atoms with Crippen molar-refractivity contribution in [3.8, 4) is 0 Å². The average Bonchev–Trinajstić information content (AvgIpc) is 2.89. The largest absolute Gasteiger partial charge is 0.451 e. The fourth-order valence-corrected chi connectivity index (χ4v) is 3.48. The van der Waals surface area contributed by atoms with E-state index in [9.17, 15) is 14.4 Å². The van der Waals surface area contributed by atoms with Gasteiger partial charge in [0.2, 0.25) is 0 Å². The highest BCUT2D eigenvalue weighted by atomic mass is 32.1. The van der Waals surface area contributed by atoms with Crippen LogP contribution in [0.25, 0.3) is 10.2 Å². The second-order valence-electron chi connectivity index (χ2n) is 5.70. The molecule has 0 radical (unpaired) electrons. The smallest absolute Gasteiger partial charge is 0.338 e. The number of ether oxygens (including phenoxy) is 1. The molecule has 128 valence electrons. The van der Waals surface area contributed by atoms with E-state index in [1.807, 2.05) is 13.8 Å². The molecule has 2 heterocycles. The van der Waals surface area contributed by atoms with E-state index in [0.717, 1.165) is 10.4 Å². The van der Waals surface area contributed by atoms with Crippen molar-refractivity contribution < 1.29 is 14.3 Å². The lowest BCUT2D eigenvalue weighted by Gasteiger charge is -2.12. The van der Waals surface area contributed by atoms with E-state index in [1.165, 1.54) is 35.6 Å². The minimum atomic E-state index is -0.710. The molecule has 2 aromatic heterocycles. The molecule has 0 amide bonds. The van der Waals surface area contributed by atoms with Gasteiger partial charge in [0.05, 0.1) is 10.9 Å². The quantitative estimate of drug-likeness (QED) is 0.572. The number of esters is 1. The lowest BCUT2D eigenvalue weighted by molar-refractivity contribution is 0.0320. The van der Waals surface area contributed by atoms with Crippen molar-refractivity contribution in [2.24, 2.45) is 0 Å². The van der Waals surface area contributed by atoms with Gasteiger partial charge in [-0.15, -0.1) is 11.3 Å². The number of carbonyl (C=O) groups is 2. The van der Waals surface area contributed by atoms with Crippen LogP contribution < -0.4 is 5.56 Å². The molecule has 0 aliphatic carbocycles. The third-order valence-corrected chi connectivity index (χ3v) is 5.11. The van der Waals surface area contributed by atoms with E-state index in [2.05, 4.69) is 9.97 Å². The zero-order valence-corrected chi connectivity index (χ0v) is 14.8. The molecule has 1 N–H and O–H groups in total. The van der Waals surface area contributed by atoms with E-state index in [0.29, 0.717) is 33.5 Å². The molecule has 7 heteroatoms. The SMILES string of the molecule is Cc1sc2nc([C@H](C)OC(=O)c3ccc(C=O)cc3)[nH]c(=O)c2c1C. The second-order valence-corrected chi connectivity index (χ2v) is 6.91. The van der Waals surface area contributed by atoms with Crippen LogP contribution in [0.5, 0.6) is 0 Å². The number of nitrogens with zero attached hydrogens (tertiary/aromatic N) is 1. The van der Waals surface area contributed by atoms with Crippen LogP contribution in [0.15, 0.2) is 29.1 Å². The maximum Gasteiger partial charge on any atom is 0.338 e. The Morgan fingerprint density at radius 1 is 1.28 bits per heavy atom. The van der Waals surface area contributed by atoms with Crippen LogP contribution in [-0.2, 0) is 4.74 Å². The zero-order chi connectivity index (χ0) is 18.1. The standard InChI is InChI=1S/C18H16N2O4S/c1-9-11(3)25-17-14(9)16(22)19-15(20-17)10(2)24-18(23)13-6-4-12(8-21)5-7-13/h4-8,10H,1-3H3,(H,19,20,22)/t10-/m0/s1. The molecule has 1 aromatic carbocycles. The molecule has 0 saturated heterocycles. The summed E-state index contributed by atoms with van der Waals surface area (Å²) in [7, 11) is 0. The van der Waals surface area contributed by atoms with Gasteiger partial charge < -0.3 is 9.72 Å². The van der Waals surface area contributed by atoms with Crippen molar-refractivity contribution in [2.75, 3.05) is 0 Å². The topological polar surface area (TPSA) is 89.1 Å². The van der Waals surface area contributed by atoms with Crippen LogP contribution >= 0.6 is 11.3 Å². The Kier molecular flexibility index (Phi) is 4.50. The second kappa shape index (κ2) is 6.60. The Morgan fingerprint density at radius 2 is 1.96 bits per heavy atom. The fraction of sp³-hybridized carbons (Fsp3) is 0.222. The molecule has 0 aliphatic heterocycles. The van der Waals surface area contributed by atoms with Crippen LogP contribution in [0.3, 0.4) is 0 Å². The molecular weight excluding hydrogens is 340 g/mol. The van der Waals surface area contributed by atoms with Gasteiger partial charge >= 0.3 is 5.97 Å². The summed E-state index contributed by atoms with van der Waals surface area (Å²) >= 11 is 1.44. The van der Waals surface area contributed by atoms with E-state index in [1.54, 1.807) is 6.92 Å². The van der Waals surface area contributed by atoms with Crippen molar-refractivity contribution >= 4 is 33.8 Å². The van der Waals surface area contributed by atoms with Crippen LogP contribution in [0.4, 0.5) is 0 Å². The van der Waals surface area contributed by atoms with Crippen molar-refractivity contribution in [2.45, 2.75) is 26.9 Å². The lowest BCUT2D eigenvalue weighted by atomic mass is 10.1. The average molecular weight is 356 g/mol. The summed E-state index contributed by atoms with van der Waals surface area (Å²) < 4.78 is 5.38. The summed E-state index contributed by atoms with van der Waals surface area (Å²) in [5.41, 5.74) is 1.48. The number of hydrogen-bond acceptors (Lipinski definition) is 6. The molecule has 3 rings (SSSR count). The third-order valence-electron chi connectivity index (χ3n) is 4.01. The number of fused-ring (bicyclic) bond motifs is 1. The number of nitrogens with one attached hydrogen (secondary N) is 1. The van der Waals surface area contributed by atoms with Crippen LogP contribution in [0, 0.1) is 13.8 Å². The van der Waals surface area contributed by atoms with E-state index < -0.39 is 12.1 Å². The first-order valence-corrected chi connectivity index (χ1v) is 8.48. The lowest BCUT2D eigenvalue weighted by Crippen LogP contribution is -2.17. The Hall–Kier alpha value is -2.80. The fourth-order valence-electron chi connectivity index (χ4n) is 2.45. The van der Waals surface area contributed by atoms with Crippen molar-refractivity contribution in [3.63, 3.8) is 0 Å². The number of aromatic nitrogens is 2. The summed E-state index contributed by atoms with van der Waals surface area (Å²) in [5.74, 6) is -0.247. The molecular formula is C18H16N2O4S. The van der Waals surface area contributed by atoms with Gasteiger partial charge in [0, 0.05) is 10.4 Å². The number of aromatic amines is 1. The first kappa shape index (κ1) is 17.0. The first-order valence-electron chi connectivity index (χ1n) is 7.67. The van der Waals surface area contributed by atoms with Gasteiger partial charge in [-0.3, -0.25) is 9.59 Å². The zero-order valence-electron chi connectivity index (χ0n) is 14.0. The predicted molar refractivity (Wildman–Crippen MR) is 95.4 cm³/mol. The highest BCUT2D eigenvalue weighted by Crippen LogP contribution is 2.27. The Bertz CT molecular complexity index is 1020. The summed E-state index contributed by atoms with van der Waals surface area (Å²) in [6.07, 6.45) is -0.00912. The molecule has 3 aromatic rings. The third kappa shape index (κ3) is 3.23. The number of carbonyl (C=O) groups excluding carboxylic acids is 2. The number of aldehydes is 1. The number of benzene rings is 1. The number of aryl methyl sites for hydroxylation is 2. The normalized spacial score (nSPS) is 12.1. The van der Waals surface area contributed by atoms with Crippen molar-refractivity contribution in [1.82, 2.24) is 9.97 Å². The van der Waals surface area contributed by atoms with E-state index in [4.69, 9.17) is 4.74 Å². The number of H-pyrrole nitrogens is 1. The van der Waals surface area contributed by atoms with Gasteiger partial charge in [-0.2, -0.15) is 0 Å². The van der Waals surface area contributed by atoms with E-state index >= 15 is 0 Å². The Morgan fingerprint density at radius 3 is 2.60 bits per heavy atom. The molecule has 0 aliphatic rings. The van der Waals surface area contributed by atoms with Gasteiger partial charge in [-0.25, -0.2) is 9.78 Å². The van der Waals surface area contributed by atoms with Gasteiger partial charge in [0.1, 0.15) is 11.1 Å². The number of hydrogen-bond donors (Lipinski definition) is 1. The maximum atomic E-state index is 12.3. The van der Waals surface area contributed by atoms with Gasteiger partial charge in [0.15, 0.2) is 11.9 Å². The van der Waals surface area contributed by atoms with Gasteiger partial charge in [-0.1, -0.05) is 12.1 Å². The Balaban J connectivity index is 1.86. The highest BCUT2D eigenvalue weighted by molar-refractivity contribution is 7.18. The van der Waals surface area contributed by atoms with E-state index in [-0.39, 0.29) is 5.56 Å². The minimum absolute atomic E-state index is 0.236. The molecule has 25 heavy (non-hydrogen) atoms. The van der Waals surface area contributed by atoms with Crippen molar-refractivity contribution in [1.29, 1.82) is 0 Å².